The first-order valence-electron chi connectivity index (χ1n) is 10.1. The Balaban J connectivity index is 1.66. The predicted molar refractivity (Wildman–Crippen MR) is 117 cm³/mol. The number of rotatable bonds is 6. The van der Waals surface area contributed by atoms with Crippen molar-refractivity contribution in [3.05, 3.63) is 89.3 Å². The monoisotopic (exact) mass is 422 g/mol. The largest absolute Gasteiger partial charge is 0.343 e. The van der Waals surface area contributed by atoms with E-state index in [1.54, 1.807) is 41.2 Å². The molecule has 162 valence electrons. The topological polar surface area (TPSA) is 76.0 Å². The summed E-state index contributed by atoms with van der Waals surface area (Å²) in [4.78, 5) is 29.3. The van der Waals surface area contributed by atoms with Crippen molar-refractivity contribution in [2.24, 2.45) is 7.05 Å². The quantitative estimate of drug-likeness (QED) is 0.639. The average Bonchev–Trinajstić information content (AvgIpc) is 3.16. The Bertz CT molecular complexity index is 1050. The summed E-state index contributed by atoms with van der Waals surface area (Å²) in [7, 11) is 1.81. The number of benzene rings is 2. The van der Waals surface area contributed by atoms with Crippen LogP contribution in [0.15, 0.2) is 60.9 Å². The lowest BCUT2D eigenvalue weighted by Gasteiger charge is -2.20. The Kier molecular flexibility index (Phi) is 6.53. The maximum atomic E-state index is 13.3. The van der Waals surface area contributed by atoms with Crippen molar-refractivity contribution in [3.8, 4) is 0 Å². The van der Waals surface area contributed by atoms with E-state index in [0.717, 1.165) is 5.56 Å². The second kappa shape index (κ2) is 9.12. The van der Waals surface area contributed by atoms with Gasteiger partial charge in [-0.05, 0) is 40.8 Å². The van der Waals surface area contributed by atoms with E-state index in [1.807, 2.05) is 19.2 Å². The number of halogens is 1. The van der Waals surface area contributed by atoms with Gasteiger partial charge in [0, 0.05) is 25.0 Å². The van der Waals surface area contributed by atoms with Gasteiger partial charge in [-0.15, -0.1) is 0 Å². The fraction of sp³-hybridized carbons (Fsp3) is 0.292. The fourth-order valence-corrected chi connectivity index (χ4v) is 3.20. The third kappa shape index (κ3) is 5.57. The average molecular weight is 423 g/mol. The zero-order valence-corrected chi connectivity index (χ0v) is 18.1. The van der Waals surface area contributed by atoms with Crippen LogP contribution >= 0.6 is 0 Å². The lowest BCUT2D eigenvalue weighted by atomic mass is 9.87. The molecule has 6 nitrogen and oxygen atoms in total. The van der Waals surface area contributed by atoms with Gasteiger partial charge in [-0.1, -0.05) is 45.0 Å². The molecular weight excluding hydrogens is 395 g/mol. The molecule has 2 amide bonds. The third-order valence-electron chi connectivity index (χ3n) is 5.05. The first-order valence-corrected chi connectivity index (χ1v) is 10.1. The number of aromatic nitrogens is 2. The SMILES string of the molecule is Cn1ccnc1[C@@H](NC(=O)CNC(=O)c1ccc(C(C)(C)C)cc1)c1ccc(F)cc1. The van der Waals surface area contributed by atoms with E-state index in [4.69, 9.17) is 0 Å². The summed E-state index contributed by atoms with van der Waals surface area (Å²) < 4.78 is 15.1. The molecule has 0 saturated carbocycles. The molecule has 0 bridgehead atoms. The smallest absolute Gasteiger partial charge is 0.251 e. The van der Waals surface area contributed by atoms with Gasteiger partial charge in [-0.2, -0.15) is 0 Å². The molecule has 0 unspecified atom stereocenters. The van der Waals surface area contributed by atoms with Crippen molar-refractivity contribution in [1.82, 2.24) is 20.2 Å². The normalized spacial score (nSPS) is 12.3. The zero-order chi connectivity index (χ0) is 22.6. The molecule has 3 aromatic rings. The van der Waals surface area contributed by atoms with E-state index >= 15 is 0 Å². The molecule has 1 heterocycles. The highest BCUT2D eigenvalue weighted by atomic mass is 19.1. The highest BCUT2D eigenvalue weighted by Crippen LogP contribution is 2.22. The highest BCUT2D eigenvalue weighted by Gasteiger charge is 2.21. The molecule has 0 fully saturated rings. The number of carbonyl (C=O) groups excluding carboxylic acids is 2. The molecule has 0 saturated heterocycles. The molecule has 2 N–H and O–H groups in total. The van der Waals surface area contributed by atoms with Crippen LogP contribution in [0.25, 0.3) is 0 Å². The summed E-state index contributed by atoms with van der Waals surface area (Å²) in [5.74, 6) is -0.467. The Hall–Kier alpha value is -3.48. The van der Waals surface area contributed by atoms with Gasteiger partial charge in [0.25, 0.3) is 5.91 Å². The molecule has 0 aliphatic rings. The van der Waals surface area contributed by atoms with Gasteiger partial charge in [0.2, 0.25) is 5.91 Å². The first-order chi connectivity index (χ1) is 14.6. The van der Waals surface area contributed by atoms with Crippen molar-refractivity contribution < 1.29 is 14.0 Å². The molecule has 1 aromatic heterocycles. The fourth-order valence-electron chi connectivity index (χ4n) is 3.20. The standard InChI is InChI=1S/C24H27FN4O2/c1-24(2,3)18-9-5-17(6-10-18)23(31)27-15-20(30)28-21(22-26-13-14-29(22)4)16-7-11-19(25)12-8-16/h5-14,21H,15H2,1-4H3,(H,27,31)(H,28,30)/t21-/m0/s1. The van der Waals surface area contributed by atoms with E-state index < -0.39 is 6.04 Å². The maximum absolute atomic E-state index is 13.3. The number of imidazole rings is 1. The molecule has 0 spiro atoms. The number of nitrogens with one attached hydrogen (secondary N) is 2. The molecule has 31 heavy (non-hydrogen) atoms. The lowest BCUT2D eigenvalue weighted by molar-refractivity contribution is -0.120. The number of amides is 2. The van der Waals surface area contributed by atoms with E-state index in [9.17, 15) is 14.0 Å². The highest BCUT2D eigenvalue weighted by molar-refractivity contribution is 5.96. The minimum Gasteiger partial charge on any atom is -0.343 e. The maximum Gasteiger partial charge on any atom is 0.251 e. The van der Waals surface area contributed by atoms with Crippen molar-refractivity contribution in [3.63, 3.8) is 0 Å². The molecule has 0 radical (unpaired) electrons. The molecule has 1 atom stereocenters. The molecule has 7 heteroatoms. The number of hydrogen-bond acceptors (Lipinski definition) is 3. The summed E-state index contributed by atoms with van der Waals surface area (Å²) in [6.07, 6.45) is 3.39. The summed E-state index contributed by atoms with van der Waals surface area (Å²) in [6.45, 7) is 6.12. The van der Waals surface area contributed by atoms with Crippen LogP contribution in [0.3, 0.4) is 0 Å². The van der Waals surface area contributed by atoms with Gasteiger partial charge in [-0.3, -0.25) is 9.59 Å². The first kappa shape index (κ1) is 22.2. The summed E-state index contributed by atoms with van der Waals surface area (Å²) in [5, 5.41) is 5.52. The van der Waals surface area contributed by atoms with Crippen LogP contribution in [0.1, 0.15) is 54.1 Å². The Morgan fingerprint density at radius 3 is 2.26 bits per heavy atom. The van der Waals surface area contributed by atoms with E-state index in [2.05, 4.69) is 36.4 Å². The van der Waals surface area contributed by atoms with Gasteiger partial charge in [0.15, 0.2) is 0 Å². The van der Waals surface area contributed by atoms with Gasteiger partial charge in [0.1, 0.15) is 17.7 Å². The predicted octanol–water partition coefficient (Wildman–Crippen LogP) is 3.49. The Labute approximate surface area is 181 Å². The van der Waals surface area contributed by atoms with E-state index in [1.165, 1.54) is 12.1 Å². The van der Waals surface area contributed by atoms with Crippen LogP contribution in [0, 0.1) is 5.82 Å². The van der Waals surface area contributed by atoms with Crippen LogP contribution in [0.5, 0.6) is 0 Å². The number of nitrogens with zero attached hydrogens (tertiary/aromatic N) is 2. The van der Waals surface area contributed by atoms with Crippen LogP contribution in [0.2, 0.25) is 0 Å². The van der Waals surface area contributed by atoms with E-state index in [-0.39, 0.29) is 29.6 Å². The number of hydrogen-bond donors (Lipinski definition) is 2. The Morgan fingerprint density at radius 1 is 1.06 bits per heavy atom. The summed E-state index contributed by atoms with van der Waals surface area (Å²) in [6, 6.07) is 12.6. The molecule has 2 aromatic carbocycles. The van der Waals surface area contributed by atoms with Crippen LogP contribution in [-0.2, 0) is 17.3 Å². The molecular formula is C24H27FN4O2. The van der Waals surface area contributed by atoms with Crippen molar-refractivity contribution in [2.75, 3.05) is 6.54 Å². The minimum atomic E-state index is -0.573. The minimum absolute atomic E-state index is 0.00473. The zero-order valence-electron chi connectivity index (χ0n) is 18.1. The second-order valence-corrected chi connectivity index (χ2v) is 8.46. The summed E-state index contributed by atoms with van der Waals surface area (Å²) >= 11 is 0. The molecule has 0 aliphatic heterocycles. The van der Waals surface area contributed by atoms with E-state index in [0.29, 0.717) is 17.0 Å². The third-order valence-corrected chi connectivity index (χ3v) is 5.05. The molecule has 3 rings (SSSR count). The van der Waals surface area contributed by atoms with Gasteiger partial charge in [0.05, 0.1) is 6.54 Å². The van der Waals surface area contributed by atoms with Crippen LogP contribution in [-0.4, -0.2) is 27.9 Å². The number of aryl methyl sites for hydroxylation is 1. The van der Waals surface area contributed by atoms with Crippen LogP contribution < -0.4 is 10.6 Å². The van der Waals surface area contributed by atoms with Crippen LogP contribution in [0.4, 0.5) is 4.39 Å². The lowest BCUT2D eigenvalue weighted by Crippen LogP contribution is -2.39. The molecule has 0 aliphatic carbocycles. The van der Waals surface area contributed by atoms with Gasteiger partial charge in [-0.25, -0.2) is 9.37 Å². The van der Waals surface area contributed by atoms with Crippen molar-refractivity contribution >= 4 is 11.8 Å². The van der Waals surface area contributed by atoms with Crippen molar-refractivity contribution in [1.29, 1.82) is 0 Å². The van der Waals surface area contributed by atoms with Gasteiger partial charge < -0.3 is 15.2 Å². The van der Waals surface area contributed by atoms with Crippen molar-refractivity contribution in [2.45, 2.75) is 32.2 Å². The summed E-state index contributed by atoms with van der Waals surface area (Å²) in [5.41, 5.74) is 2.29. The Morgan fingerprint density at radius 2 is 1.71 bits per heavy atom. The number of carbonyl (C=O) groups is 2. The van der Waals surface area contributed by atoms with Gasteiger partial charge >= 0.3 is 0 Å². The second-order valence-electron chi connectivity index (χ2n) is 8.46.